The summed E-state index contributed by atoms with van der Waals surface area (Å²) in [7, 11) is -3.48. The largest absolute Gasteiger partial charge is 0.492 e. The molecule has 0 saturated heterocycles. The molecule has 0 unspecified atom stereocenters. The number of nitrogens with two attached hydrogens (primary N) is 1. The molecule has 1 rings (SSSR count). The van der Waals surface area contributed by atoms with E-state index in [2.05, 4.69) is 0 Å². The minimum absolute atomic E-state index is 0.0782. The zero-order chi connectivity index (χ0) is 16.0. The van der Waals surface area contributed by atoms with E-state index in [0.29, 0.717) is 25.4 Å². The lowest BCUT2D eigenvalue weighted by molar-refractivity contribution is 0.318. The van der Waals surface area contributed by atoms with Gasteiger partial charge in [-0.1, -0.05) is 13.8 Å². The van der Waals surface area contributed by atoms with E-state index in [4.69, 9.17) is 10.5 Å². The van der Waals surface area contributed by atoms with Crippen molar-refractivity contribution in [1.29, 1.82) is 0 Å². The van der Waals surface area contributed by atoms with E-state index < -0.39 is 10.0 Å². The summed E-state index contributed by atoms with van der Waals surface area (Å²) in [6, 6.07) is 6.41. The zero-order valence-corrected chi connectivity index (χ0v) is 14.1. The molecule has 120 valence electrons. The van der Waals surface area contributed by atoms with Crippen LogP contribution in [-0.4, -0.2) is 38.5 Å². The van der Waals surface area contributed by atoms with E-state index in [9.17, 15) is 8.42 Å². The van der Waals surface area contributed by atoms with Crippen molar-refractivity contribution in [3.8, 4) is 5.75 Å². The average molecular weight is 314 g/mol. The molecular formula is C15H26N2O3S. The van der Waals surface area contributed by atoms with Crippen molar-refractivity contribution in [3.05, 3.63) is 24.3 Å². The van der Waals surface area contributed by atoms with Crippen LogP contribution in [0.4, 0.5) is 0 Å². The Hall–Kier alpha value is -1.11. The molecule has 0 spiro atoms. The molecule has 0 atom stereocenters. The molecule has 0 bridgehead atoms. The molecule has 0 aliphatic carbocycles. The maximum Gasteiger partial charge on any atom is 0.243 e. The fourth-order valence-electron chi connectivity index (χ4n) is 1.97. The topological polar surface area (TPSA) is 72.6 Å². The molecule has 2 N–H and O–H groups in total. The highest BCUT2D eigenvalue weighted by atomic mass is 32.2. The molecule has 0 aliphatic heterocycles. The molecule has 5 nitrogen and oxygen atoms in total. The molecule has 1 aromatic carbocycles. The van der Waals surface area contributed by atoms with Gasteiger partial charge in [-0.15, -0.1) is 0 Å². The quantitative estimate of drug-likeness (QED) is 0.797. The lowest BCUT2D eigenvalue weighted by atomic mass is 10.2. The zero-order valence-electron chi connectivity index (χ0n) is 13.2. The monoisotopic (exact) mass is 314 g/mol. The Morgan fingerprint density at radius 2 is 1.71 bits per heavy atom. The molecule has 0 aliphatic rings. The van der Waals surface area contributed by atoms with Gasteiger partial charge in [-0.3, -0.25) is 0 Å². The predicted molar refractivity (Wildman–Crippen MR) is 84.9 cm³/mol. The van der Waals surface area contributed by atoms with E-state index >= 15 is 0 Å². The second-order valence-corrected chi connectivity index (χ2v) is 7.56. The molecule has 0 saturated carbocycles. The molecule has 0 aromatic heterocycles. The molecule has 21 heavy (non-hydrogen) atoms. The second-order valence-electron chi connectivity index (χ2n) is 5.67. The van der Waals surface area contributed by atoms with E-state index in [1.54, 1.807) is 24.3 Å². The molecule has 0 heterocycles. The minimum atomic E-state index is -3.48. The third-order valence-electron chi connectivity index (χ3n) is 2.94. The van der Waals surface area contributed by atoms with E-state index in [1.165, 1.54) is 4.31 Å². The maximum atomic E-state index is 12.7. The van der Waals surface area contributed by atoms with Crippen LogP contribution < -0.4 is 10.5 Å². The average Bonchev–Trinajstić information content (AvgIpc) is 2.42. The van der Waals surface area contributed by atoms with Gasteiger partial charge < -0.3 is 10.5 Å². The highest BCUT2D eigenvalue weighted by molar-refractivity contribution is 7.89. The van der Waals surface area contributed by atoms with E-state index in [1.807, 2.05) is 27.7 Å². The van der Waals surface area contributed by atoms with Crippen molar-refractivity contribution < 1.29 is 13.2 Å². The Balaban J connectivity index is 2.99. The summed E-state index contributed by atoms with van der Waals surface area (Å²) in [6.07, 6.45) is 0. The molecule has 6 heteroatoms. The summed E-state index contributed by atoms with van der Waals surface area (Å²) in [4.78, 5) is 0.289. The Kier molecular flexibility index (Phi) is 6.64. The SMILES string of the molecule is CC(C)CN(C(C)C)S(=O)(=O)c1ccc(OCCN)cc1. The summed E-state index contributed by atoms with van der Waals surface area (Å²) >= 11 is 0. The van der Waals surface area contributed by atoms with Gasteiger partial charge in [0.25, 0.3) is 0 Å². The van der Waals surface area contributed by atoms with Crippen LogP contribution in [0.3, 0.4) is 0 Å². The maximum absolute atomic E-state index is 12.7. The lowest BCUT2D eigenvalue weighted by Crippen LogP contribution is -2.39. The molecule has 0 radical (unpaired) electrons. The molecule has 0 fully saturated rings. The van der Waals surface area contributed by atoms with E-state index in [-0.39, 0.29) is 16.9 Å². The Labute approximate surface area is 128 Å². The fourth-order valence-corrected chi connectivity index (χ4v) is 3.77. The number of hydrogen-bond acceptors (Lipinski definition) is 4. The molecular weight excluding hydrogens is 288 g/mol. The summed E-state index contributed by atoms with van der Waals surface area (Å²) in [6.45, 7) is 9.14. The highest BCUT2D eigenvalue weighted by Gasteiger charge is 2.27. The van der Waals surface area contributed by atoms with Crippen molar-refractivity contribution in [2.24, 2.45) is 11.7 Å². The van der Waals surface area contributed by atoms with Crippen molar-refractivity contribution in [2.75, 3.05) is 19.7 Å². The number of benzene rings is 1. The van der Waals surface area contributed by atoms with Gasteiger partial charge in [-0.2, -0.15) is 4.31 Å². The number of ether oxygens (including phenoxy) is 1. The molecule has 0 amide bonds. The van der Waals surface area contributed by atoms with Crippen LogP contribution in [0.15, 0.2) is 29.2 Å². The van der Waals surface area contributed by atoms with E-state index in [0.717, 1.165) is 0 Å². The van der Waals surface area contributed by atoms with Crippen molar-refractivity contribution >= 4 is 10.0 Å². The van der Waals surface area contributed by atoms with Crippen molar-refractivity contribution in [1.82, 2.24) is 4.31 Å². The van der Waals surface area contributed by atoms with Gasteiger partial charge in [0.1, 0.15) is 12.4 Å². The summed E-state index contributed by atoms with van der Waals surface area (Å²) in [5.74, 6) is 0.897. The van der Waals surface area contributed by atoms with Gasteiger partial charge in [0.15, 0.2) is 0 Å². The van der Waals surface area contributed by atoms with Crippen LogP contribution in [0.5, 0.6) is 5.75 Å². The Bertz CT molecular complexity index is 524. The predicted octanol–water partition coefficient (Wildman–Crippen LogP) is 2.08. The van der Waals surface area contributed by atoms with Gasteiger partial charge in [0.2, 0.25) is 10.0 Å². The second kappa shape index (κ2) is 7.77. The van der Waals surface area contributed by atoms with Crippen molar-refractivity contribution in [3.63, 3.8) is 0 Å². The van der Waals surface area contributed by atoms with Gasteiger partial charge in [-0.05, 0) is 44.0 Å². The first-order valence-corrected chi connectivity index (χ1v) is 8.67. The van der Waals surface area contributed by atoms with Crippen LogP contribution in [0, 0.1) is 5.92 Å². The number of rotatable bonds is 8. The van der Waals surface area contributed by atoms with Crippen LogP contribution in [0.2, 0.25) is 0 Å². The van der Waals surface area contributed by atoms with Gasteiger partial charge in [0.05, 0.1) is 4.90 Å². The normalized spacial score (nSPS) is 12.4. The summed E-state index contributed by atoms with van der Waals surface area (Å²) in [5.41, 5.74) is 5.37. The lowest BCUT2D eigenvalue weighted by Gasteiger charge is -2.27. The number of hydrogen-bond donors (Lipinski definition) is 1. The minimum Gasteiger partial charge on any atom is -0.492 e. The summed E-state index contributed by atoms with van der Waals surface area (Å²) < 4.78 is 32.3. The van der Waals surface area contributed by atoms with Crippen LogP contribution in [0.25, 0.3) is 0 Å². The smallest absolute Gasteiger partial charge is 0.243 e. The Morgan fingerprint density at radius 3 is 2.14 bits per heavy atom. The van der Waals surface area contributed by atoms with Crippen LogP contribution in [-0.2, 0) is 10.0 Å². The van der Waals surface area contributed by atoms with Crippen molar-refractivity contribution in [2.45, 2.75) is 38.6 Å². The first kappa shape index (κ1) is 17.9. The fraction of sp³-hybridized carbons (Fsp3) is 0.600. The Morgan fingerprint density at radius 1 is 1.14 bits per heavy atom. The first-order valence-electron chi connectivity index (χ1n) is 7.23. The standard InChI is InChI=1S/C15H26N2O3S/c1-12(2)11-17(13(3)4)21(18,19)15-7-5-14(6-8-15)20-10-9-16/h5-8,12-13H,9-11,16H2,1-4H3. The third-order valence-corrected chi connectivity index (χ3v) is 4.99. The van der Waals surface area contributed by atoms with Crippen LogP contribution >= 0.6 is 0 Å². The van der Waals surface area contributed by atoms with Gasteiger partial charge >= 0.3 is 0 Å². The van der Waals surface area contributed by atoms with Crippen LogP contribution in [0.1, 0.15) is 27.7 Å². The van der Waals surface area contributed by atoms with Gasteiger partial charge in [-0.25, -0.2) is 8.42 Å². The highest BCUT2D eigenvalue weighted by Crippen LogP contribution is 2.22. The molecule has 1 aromatic rings. The third kappa shape index (κ3) is 4.98. The number of nitrogens with zero attached hydrogens (tertiary/aromatic N) is 1. The summed E-state index contributed by atoms with van der Waals surface area (Å²) in [5, 5.41) is 0. The van der Waals surface area contributed by atoms with Gasteiger partial charge in [0, 0.05) is 19.1 Å². The first-order chi connectivity index (χ1) is 9.78. The number of sulfonamides is 1.